The molecule has 2 heterocycles. The quantitative estimate of drug-likeness (QED) is 0.797. The summed E-state index contributed by atoms with van der Waals surface area (Å²) in [5.41, 5.74) is 0. The molecular formula is C12H19N3O2. The van der Waals surface area contributed by atoms with Gasteiger partial charge in [0.05, 0.1) is 6.04 Å². The molecule has 5 heteroatoms. The van der Waals surface area contributed by atoms with E-state index in [1.165, 1.54) is 0 Å². The van der Waals surface area contributed by atoms with Gasteiger partial charge in [0.1, 0.15) is 12.1 Å². The van der Waals surface area contributed by atoms with Gasteiger partial charge in [0.25, 0.3) is 0 Å². The number of ether oxygens (including phenoxy) is 1. The molecule has 0 radical (unpaired) electrons. The van der Waals surface area contributed by atoms with Gasteiger partial charge in [-0.05, 0) is 26.8 Å². The first-order valence-electron chi connectivity index (χ1n) is 6.03. The number of nitrogens with zero attached hydrogens (tertiary/aromatic N) is 2. The molecule has 0 aliphatic carbocycles. The highest BCUT2D eigenvalue weighted by Crippen LogP contribution is 2.17. The molecule has 94 valence electrons. The number of aromatic nitrogens is 2. The van der Waals surface area contributed by atoms with E-state index in [0.717, 1.165) is 6.42 Å². The minimum absolute atomic E-state index is 0.0206. The van der Waals surface area contributed by atoms with E-state index in [1.807, 2.05) is 23.9 Å². The van der Waals surface area contributed by atoms with Crippen LogP contribution in [0.25, 0.3) is 0 Å². The summed E-state index contributed by atoms with van der Waals surface area (Å²) in [6.45, 7) is 6.05. The highest BCUT2D eigenvalue weighted by atomic mass is 16.6. The zero-order chi connectivity index (χ0) is 12.4. The Labute approximate surface area is 101 Å². The Morgan fingerprint density at radius 3 is 2.88 bits per heavy atom. The maximum Gasteiger partial charge on any atom is 0.323 e. The Hall–Kier alpha value is -1.36. The smallest absolute Gasteiger partial charge is 0.323 e. The fraction of sp³-hybridized carbons (Fsp3) is 0.667. The molecular weight excluding hydrogens is 218 g/mol. The van der Waals surface area contributed by atoms with Crippen molar-refractivity contribution < 1.29 is 9.53 Å². The first-order valence-corrected chi connectivity index (χ1v) is 6.03. The van der Waals surface area contributed by atoms with Crippen LogP contribution in [0.15, 0.2) is 18.5 Å². The molecule has 4 atom stereocenters. The standard InChI is InChI=1S/C12H19N3O2/c1-8-7-11(12(16)17-8)14-9(2)10(3)15-6-4-5-13-15/h4-6,8-11,14H,7H2,1-3H3/t8-,9+,10+,11+/m1/s1. The van der Waals surface area contributed by atoms with Gasteiger partial charge in [-0.25, -0.2) is 0 Å². The van der Waals surface area contributed by atoms with Gasteiger partial charge in [0, 0.05) is 24.9 Å². The first-order chi connectivity index (χ1) is 8.08. The topological polar surface area (TPSA) is 56.2 Å². The Balaban J connectivity index is 1.93. The van der Waals surface area contributed by atoms with E-state index in [1.54, 1.807) is 6.20 Å². The second-order valence-electron chi connectivity index (χ2n) is 4.72. The minimum Gasteiger partial charge on any atom is -0.461 e. The van der Waals surface area contributed by atoms with Crippen LogP contribution in [0, 0.1) is 0 Å². The largest absolute Gasteiger partial charge is 0.461 e. The molecule has 0 unspecified atom stereocenters. The van der Waals surface area contributed by atoms with Crippen LogP contribution >= 0.6 is 0 Å². The van der Waals surface area contributed by atoms with Gasteiger partial charge in [-0.2, -0.15) is 5.10 Å². The van der Waals surface area contributed by atoms with Crippen molar-refractivity contribution in [3.8, 4) is 0 Å². The van der Waals surface area contributed by atoms with Gasteiger partial charge in [-0.3, -0.25) is 14.8 Å². The average molecular weight is 237 g/mol. The number of hydrogen-bond acceptors (Lipinski definition) is 4. The monoisotopic (exact) mass is 237 g/mol. The summed E-state index contributed by atoms with van der Waals surface area (Å²) in [7, 11) is 0. The van der Waals surface area contributed by atoms with Crippen molar-refractivity contribution in [2.24, 2.45) is 0 Å². The zero-order valence-corrected chi connectivity index (χ0v) is 10.5. The van der Waals surface area contributed by atoms with Crippen LogP contribution in [-0.4, -0.2) is 33.9 Å². The number of nitrogens with one attached hydrogen (secondary N) is 1. The maximum atomic E-state index is 11.5. The third-order valence-corrected chi connectivity index (χ3v) is 3.30. The van der Waals surface area contributed by atoms with Gasteiger partial charge in [0.2, 0.25) is 0 Å². The van der Waals surface area contributed by atoms with Gasteiger partial charge < -0.3 is 4.74 Å². The molecule has 1 aromatic rings. The third-order valence-electron chi connectivity index (χ3n) is 3.30. The van der Waals surface area contributed by atoms with Gasteiger partial charge >= 0.3 is 5.97 Å². The van der Waals surface area contributed by atoms with Crippen molar-refractivity contribution in [2.45, 2.75) is 51.4 Å². The number of esters is 1. The van der Waals surface area contributed by atoms with Crippen LogP contribution in [0.4, 0.5) is 0 Å². The highest BCUT2D eigenvalue weighted by Gasteiger charge is 2.33. The molecule has 1 saturated heterocycles. The van der Waals surface area contributed by atoms with Crippen molar-refractivity contribution in [1.29, 1.82) is 0 Å². The SMILES string of the molecule is C[C@@H]1C[C@H](N[C@@H](C)[C@H](C)n2cccn2)C(=O)O1. The molecule has 0 spiro atoms. The molecule has 1 aliphatic heterocycles. The van der Waals surface area contributed by atoms with Crippen LogP contribution in [0.5, 0.6) is 0 Å². The Bertz CT molecular complexity index is 377. The predicted octanol–water partition coefficient (Wildman–Crippen LogP) is 1.13. The number of rotatable bonds is 4. The summed E-state index contributed by atoms with van der Waals surface area (Å²) >= 11 is 0. The van der Waals surface area contributed by atoms with Crippen LogP contribution in [0.3, 0.4) is 0 Å². The molecule has 1 aliphatic rings. The van der Waals surface area contributed by atoms with Crippen LogP contribution < -0.4 is 5.32 Å². The van der Waals surface area contributed by atoms with Crippen molar-refractivity contribution in [1.82, 2.24) is 15.1 Å². The number of carbonyl (C=O) groups is 1. The molecule has 0 amide bonds. The zero-order valence-electron chi connectivity index (χ0n) is 10.5. The minimum atomic E-state index is -0.182. The Morgan fingerprint density at radius 1 is 1.59 bits per heavy atom. The summed E-state index contributed by atoms with van der Waals surface area (Å²) in [5.74, 6) is -0.142. The predicted molar refractivity (Wildman–Crippen MR) is 63.5 cm³/mol. The first kappa shape index (κ1) is 12.1. The summed E-state index contributed by atoms with van der Waals surface area (Å²) in [6, 6.07) is 2.08. The fourth-order valence-corrected chi connectivity index (χ4v) is 2.10. The summed E-state index contributed by atoms with van der Waals surface area (Å²) in [4.78, 5) is 11.5. The third kappa shape index (κ3) is 2.66. The number of carbonyl (C=O) groups excluding carboxylic acids is 1. The second-order valence-corrected chi connectivity index (χ2v) is 4.72. The molecule has 1 fully saturated rings. The van der Waals surface area contributed by atoms with E-state index in [2.05, 4.69) is 24.3 Å². The summed E-state index contributed by atoms with van der Waals surface area (Å²) < 4.78 is 7.01. The van der Waals surface area contributed by atoms with Crippen molar-refractivity contribution in [3.05, 3.63) is 18.5 Å². The maximum absolute atomic E-state index is 11.5. The molecule has 17 heavy (non-hydrogen) atoms. The van der Waals surface area contributed by atoms with Crippen molar-refractivity contribution in [3.63, 3.8) is 0 Å². The Morgan fingerprint density at radius 2 is 2.35 bits per heavy atom. The van der Waals surface area contributed by atoms with E-state index in [9.17, 15) is 4.79 Å². The molecule has 1 aromatic heterocycles. The van der Waals surface area contributed by atoms with Crippen molar-refractivity contribution in [2.75, 3.05) is 0 Å². The molecule has 0 saturated carbocycles. The van der Waals surface area contributed by atoms with E-state index >= 15 is 0 Å². The lowest BCUT2D eigenvalue weighted by Gasteiger charge is -2.23. The normalized spacial score (nSPS) is 27.8. The summed E-state index contributed by atoms with van der Waals surface area (Å²) in [6.07, 6.45) is 4.45. The Kier molecular flexibility index (Phi) is 3.47. The van der Waals surface area contributed by atoms with Crippen LogP contribution in [0.2, 0.25) is 0 Å². The molecule has 5 nitrogen and oxygen atoms in total. The summed E-state index contributed by atoms with van der Waals surface area (Å²) in [5, 5.41) is 7.52. The molecule has 0 bridgehead atoms. The van der Waals surface area contributed by atoms with Crippen LogP contribution in [0.1, 0.15) is 33.2 Å². The van der Waals surface area contributed by atoms with Crippen molar-refractivity contribution >= 4 is 5.97 Å². The molecule has 2 rings (SSSR count). The van der Waals surface area contributed by atoms with E-state index < -0.39 is 0 Å². The van der Waals surface area contributed by atoms with Gasteiger partial charge in [0.15, 0.2) is 0 Å². The van der Waals surface area contributed by atoms with E-state index in [-0.39, 0.29) is 30.2 Å². The van der Waals surface area contributed by atoms with Crippen LogP contribution in [-0.2, 0) is 9.53 Å². The lowest BCUT2D eigenvalue weighted by molar-refractivity contribution is -0.142. The van der Waals surface area contributed by atoms with E-state index in [4.69, 9.17) is 4.74 Å². The second kappa shape index (κ2) is 4.87. The van der Waals surface area contributed by atoms with Gasteiger partial charge in [-0.15, -0.1) is 0 Å². The number of hydrogen-bond donors (Lipinski definition) is 1. The fourth-order valence-electron chi connectivity index (χ4n) is 2.10. The molecule has 0 aromatic carbocycles. The molecule has 1 N–H and O–H groups in total. The number of cyclic esters (lactones) is 1. The highest BCUT2D eigenvalue weighted by molar-refractivity contribution is 5.77. The van der Waals surface area contributed by atoms with Gasteiger partial charge in [-0.1, -0.05) is 0 Å². The average Bonchev–Trinajstić information content (AvgIpc) is 2.88. The lowest BCUT2D eigenvalue weighted by Crippen LogP contribution is -2.43. The lowest BCUT2D eigenvalue weighted by atomic mass is 10.1. The van der Waals surface area contributed by atoms with E-state index in [0.29, 0.717) is 0 Å².